The number of benzene rings is 2. The Kier molecular flexibility index (Phi) is 3.84. The summed E-state index contributed by atoms with van der Waals surface area (Å²) in [4.78, 5) is 11.1. The molecule has 2 aromatic carbocycles. The van der Waals surface area contributed by atoms with E-state index in [-0.39, 0.29) is 22.5 Å². The summed E-state index contributed by atoms with van der Waals surface area (Å²) in [5.41, 5.74) is 5.39. The van der Waals surface area contributed by atoms with Crippen LogP contribution >= 0.6 is 0 Å². The van der Waals surface area contributed by atoms with E-state index < -0.39 is 17.6 Å². The zero-order chi connectivity index (χ0) is 17.3. The molecule has 0 saturated heterocycles. The lowest BCUT2D eigenvalue weighted by atomic mass is 9.96. The largest absolute Gasteiger partial charge is 0.417 e. The molecule has 0 spiro atoms. The van der Waals surface area contributed by atoms with Crippen LogP contribution in [0.15, 0.2) is 54.6 Å². The molecule has 0 aliphatic carbocycles. The van der Waals surface area contributed by atoms with E-state index >= 15 is 0 Å². The monoisotopic (exact) mass is 331 g/mol. The van der Waals surface area contributed by atoms with E-state index in [9.17, 15) is 18.0 Å². The quantitative estimate of drug-likeness (QED) is 0.765. The standard InChI is InChI=1S/C17H12F3N3O/c18-17(19,20)13-8-11(14-9-15(16(21)24)23-22-14)6-7-12(13)10-4-2-1-3-5-10/h1-9H,(H2,21,24)(H,22,23). The van der Waals surface area contributed by atoms with Crippen molar-refractivity contribution in [3.05, 3.63) is 65.9 Å². The number of primary amides is 1. The molecule has 0 bridgehead atoms. The highest BCUT2D eigenvalue weighted by Gasteiger charge is 2.34. The van der Waals surface area contributed by atoms with Crippen molar-refractivity contribution in [1.29, 1.82) is 0 Å². The van der Waals surface area contributed by atoms with Gasteiger partial charge in [0, 0.05) is 5.56 Å². The highest BCUT2D eigenvalue weighted by atomic mass is 19.4. The Bertz CT molecular complexity index is 886. The maximum Gasteiger partial charge on any atom is 0.417 e. The van der Waals surface area contributed by atoms with E-state index in [0.29, 0.717) is 5.56 Å². The van der Waals surface area contributed by atoms with Crippen LogP contribution in [-0.2, 0) is 6.18 Å². The van der Waals surface area contributed by atoms with Crippen LogP contribution in [0.1, 0.15) is 16.1 Å². The molecule has 3 aromatic rings. The van der Waals surface area contributed by atoms with Crippen LogP contribution in [0, 0.1) is 0 Å². The van der Waals surface area contributed by atoms with Gasteiger partial charge in [-0.3, -0.25) is 9.89 Å². The fraction of sp³-hybridized carbons (Fsp3) is 0.0588. The number of amides is 1. The van der Waals surface area contributed by atoms with Gasteiger partial charge in [0.1, 0.15) is 5.69 Å². The normalized spacial score (nSPS) is 11.5. The topological polar surface area (TPSA) is 71.8 Å². The molecule has 1 heterocycles. The van der Waals surface area contributed by atoms with E-state index in [1.54, 1.807) is 30.3 Å². The Morgan fingerprint density at radius 2 is 1.71 bits per heavy atom. The third-order valence-electron chi connectivity index (χ3n) is 3.55. The van der Waals surface area contributed by atoms with Crippen LogP contribution in [0.5, 0.6) is 0 Å². The Labute approximate surface area is 135 Å². The highest BCUT2D eigenvalue weighted by molar-refractivity contribution is 5.92. The fourth-order valence-corrected chi connectivity index (χ4v) is 2.40. The summed E-state index contributed by atoms with van der Waals surface area (Å²) in [5, 5.41) is 6.24. The molecule has 3 N–H and O–H groups in total. The molecule has 0 fully saturated rings. The van der Waals surface area contributed by atoms with Crippen molar-refractivity contribution in [2.75, 3.05) is 0 Å². The number of aromatic nitrogens is 2. The van der Waals surface area contributed by atoms with Gasteiger partial charge in [-0.15, -0.1) is 0 Å². The number of H-pyrrole nitrogens is 1. The first-order chi connectivity index (χ1) is 11.4. The average molecular weight is 331 g/mol. The lowest BCUT2D eigenvalue weighted by Crippen LogP contribution is -2.10. The van der Waals surface area contributed by atoms with Crippen molar-refractivity contribution >= 4 is 5.91 Å². The number of halogens is 3. The summed E-state index contributed by atoms with van der Waals surface area (Å²) in [6.07, 6.45) is -4.52. The fourth-order valence-electron chi connectivity index (χ4n) is 2.40. The Hall–Kier alpha value is -3.09. The number of carbonyl (C=O) groups excluding carboxylic acids is 1. The van der Waals surface area contributed by atoms with E-state index in [4.69, 9.17) is 5.73 Å². The Morgan fingerprint density at radius 3 is 2.29 bits per heavy atom. The van der Waals surface area contributed by atoms with Gasteiger partial charge in [0.2, 0.25) is 0 Å². The molecule has 0 unspecified atom stereocenters. The van der Waals surface area contributed by atoms with Crippen LogP contribution in [0.3, 0.4) is 0 Å². The van der Waals surface area contributed by atoms with Crippen LogP contribution < -0.4 is 5.73 Å². The summed E-state index contributed by atoms with van der Waals surface area (Å²) in [7, 11) is 0. The van der Waals surface area contributed by atoms with Crippen molar-refractivity contribution in [1.82, 2.24) is 10.2 Å². The number of alkyl halides is 3. The highest BCUT2D eigenvalue weighted by Crippen LogP contribution is 2.39. The van der Waals surface area contributed by atoms with Gasteiger partial charge in [0.05, 0.1) is 11.3 Å². The van der Waals surface area contributed by atoms with Crippen molar-refractivity contribution in [2.45, 2.75) is 6.18 Å². The van der Waals surface area contributed by atoms with Crippen molar-refractivity contribution in [3.8, 4) is 22.4 Å². The summed E-state index contributed by atoms with van der Waals surface area (Å²) < 4.78 is 40.4. The predicted molar refractivity (Wildman–Crippen MR) is 83.0 cm³/mol. The SMILES string of the molecule is NC(=O)c1cc(-c2ccc(-c3ccccc3)c(C(F)(F)F)c2)n[nH]1. The molecule has 0 radical (unpaired) electrons. The Balaban J connectivity index is 2.13. The van der Waals surface area contributed by atoms with Gasteiger partial charge in [-0.25, -0.2) is 0 Å². The van der Waals surface area contributed by atoms with Crippen LogP contribution in [0.25, 0.3) is 22.4 Å². The molecule has 1 amide bonds. The molecule has 24 heavy (non-hydrogen) atoms. The molecule has 0 aliphatic rings. The summed E-state index contributed by atoms with van der Waals surface area (Å²) in [5.74, 6) is -0.731. The molecular formula is C17H12F3N3O. The van der Waals surface area contributed by atoms with Crippen molar-refractivity contribution < 1.29 is 18.0 Å². The van der Waals surface area contributed by atoms with Crippen LogP contribution in [0.2, 0.25) is 0 Å². The zero-order valence-electron chi connectivity index (χ0n) is 12.3. The van der Waals surface area contributed by atoms with Gasteiger partial charge in [-0.2, -0.15) is 18.3 Å². The van der Waals surface area contributed by atoms with Gasteiger partial charge in [-0.1, -0.05) is 42.5 Å². The molecular weight excluding hydrogens is 319 g/mol. The van der Waals surface area contributed by atoms with E-state index in [0.717, 1.165) is 6.07 Å². The van der Waals surface area contributed by atoms with Gasteiger partial charge in [0.15, 0.2) is 0 Å². The number of nitrogens with two attached hydrogens (primary N) is 1. The third kappa shape index (κ3) is 3.01. The number of aromatic amines is 1. The second kappa shape index (κ2) is 5.84. The van der Waals surface area contributed by atoms with E-state index in [1.807, 2.05) is 0 Å². The number of nitrogens with one attached hydrogen (secondary N) is 1. The molecule has 4 nitrogen and oxygen atoms in total. The second-order valence-electron chi connectivity index (χ2n) is 5.16. The number of hydrogen-bond acceptors (Lipinski definition) is 2. The first kappa shape index (κ1) is 15.8. The molecule has 122 valence electrons. The van der Waals surface area contributed by atoms with Gasteiger partial charge in [-0.05, 0) is 23.3 Å². The maximum absolute atomic E-state index is 13.5. The minimum absolute atomic E-state index is 0.0331. The summed E-state index contributed by atoms with van der Waals surface area (Å²) in [6.45, 7) is 0. The zero-order valence-corrected chi connectivity index (χ0v) is 12.3. The number of nitrogens with zero attached hydrogens (tertiary/aromatic N) is 1. The average Bonchev–Trinajstić information content (AvgIpc) is 3.04. The first-order valence-corrected chi connectivity index (χ1v) is 6.98. The molecule has 7 heteroatoms. The number of carbonyl (C=O) groups is 1. The number of rotatable bonds is 3. The second-order valence-corrected chi connectivity index (χ2v) is 5.16. The van der Waals surface area contributed by atoms with Crippen LogP contribution in [0.4, 0.5) is 13.2 Å². The minimum Gasteiger partial charge on any atom is -0.364 e. The van der Waals surface area contributed by atoms with Gasteiger partial charge >= 0.3 is 6.18 Å². The third-order valence-corrected chi connectivity index (χ3v) is 3.55. The lowest BCUT2D eigenvalue weighted by molar-refractivity contribution is -0.137. The summed E-state index contributed by atoms with van der Waals surface area (Å²) >= 11 is 0. The molecule has 0 atom stereocenters. The van der Waals surface area contributed by atoms with E-state index in [2.05, 4.69) is 10.2 Å². The number of hydrogen-bond donors (Lipinski definition) is 2. The van der Waals surface area contributed by atoms with Gasteiger partial charge < -0.3 is 5.73 Å². The molecule has 3 rings (SSSR count). The first-order valence-electron chi connectivity index (χ1n) is 6.98. The van der Waals surface area contributed by atoms with Gasteiger partial charge in [0.25, 0.3) is 5.91 Å². The molecule has 0 saturated carbocycles. The smallest absolute Gasteiger partial charge is 0.364 e. The predicted octanol–water partition coefficient (Wildman–Crippen LogP) is 3.86. The Morgan fingerprint density at radius 1 is 1.00 bits per heavy atom. The minimum atomic E-state index is -4.52. The molecule has 1 aromatic heterocycles. The van der Waals surface area contributed by atoms with Crippen LogP contribution in [-0.4, -0.2) is 16.1 Å². The van der Waals surface area contributed by atoms with Crippen molar-refractivity contribution in [2.24, 2.45) is 5.73 Å². The molecule has 0 aliphatic heterocycles. The summed E-state index contributed by atoms with van der Waals surface area (Å²) in [6, 6.07) is 13.6. The van der Waals surface area contributed by atoms with E-state index in [1.165, 1.54) is 18.2 Å². The lowest BCUT2D eigenvalue weighted by Gasteiger charge is -2.14. The van der Waals surface area contributed by atoms with Crippen molar-refractivity contribution in [3.63, 3.8) is 0 Å². The maximum atomic E-state index is 13.5.